The third-order valence-corrected chi connectivity index (χ3v) is 10.5. The maximum Gasteiger partial charge on any atom is 0.268 e. The van der Waals surface area contributed by atoms with Crippen LogP contribution < -0.4 is 10.2 Å². The van der Waals surface area contributed by atoms with Crippen molar-refractivity contribution >= 4 is 13.7 Å². The van der Waals surface area contributed by atoms with Crippen molar-refractivity contribution in [3.63, 3.8) is 0 Å². The van der Waals surface area contributed by atoms with E-state index in [1.54, 1.807) is 6.08 Å². The van der Waals surface area contributed by atoms with Crippen LogP contribution in [0.5, 0.6) is 0 Å². The number of carbonyl (C=O) groups is 1. The van der Waals surface area contributed by atoms with Gasteiger partial charge in [-0.15, -0.1) is 0 Å². The Bertz CT molecular complexity index is 1020. The minimum atomic E-state index is -4.60. The lowest BCUT2D eigenvalue weighted by Crippen LogP contribution is -2.45. The van der Waals surface area contributed by atoms with Gasteiger partial charge in [-0.2, -0.15) is 0 Å². The average Bonchev–Trinajstić information content (AvgIpc) is 3.12. The standard InChI is InChI=1S/C45H85N2O6P/c1-6-8-10-12-14-16-18-20-22-24-26-28-30-32-34-36-38-44(48)43(42-53-54(50,51)52-41-40-47(3,4)5)46-45(49)39-37-35-33-31-29-27-25-23-21-19-17-15-13-11-9-7-2/h17,19,23,25,28,30,36,38,43-44,48H,6-16,18,20-22,24,26-27,29,31-35,37,39-42H2,1-5H3,(H-,46,49,50,51)/b19-17-,25-23-,30-28+,38-36+. The first-order valence-electron chi connectivity index (χ1n) is 22.0. The number of nitrogens with zero attached hydrogens (tertiary/aromatic N) is 1. The molecule has 3 atom stereocenters. The van der Waals surface area contributed by atoms with Gasteiger partial charge in [0, 0.05) is 6.42 Å². The molecule has 9 heteroatoms. The molecule has 0 aromatic heterocycles. The van der Waals surface area contributed by atoms with E-state index in [-0.39, 0.29) is 12.5 Å². The highest BCUT2D eigenvalue weighted by molar-refractivity contribution is 7.45. The van der Waals surface area contributed by atoms with E-state index in [0.717, 1.165) is 64.2 Å². The van der Waals surface area contributed by atoms with E-state index in [1.165, 1.54) is 96.3 Å². The molecule has 8 nitrogen and oxygen atoms in total. The Morgan fingerprint density at radius 1 is 0.648 bits per heavy atom. The zero-order chi connectivity index (χ0) is 40.0. The summed E-state index contributed by atoms with van der Waals surface area (Å²) < 4.78 is 23.2. The van der Waals surface area contributed by atoms with E-state index in [0.29, 0.717) is 17.4 Å². The monoisotopic (exact) mass is 781 g/mol. The minimum absolute atomic E-state index is 0.0106. The van der Waals surface area contributed by atoms with Crippen LogP contribution in [0.3, 0.4) is 0 Å². The van der Waals surface area contributed by atoms with Gasteiger partial charge < -0.3 is 28.8 Å². The number of allylic oxidation sites excluding steroid dienone is 7. The minimum Gasteiger partial charge on any atom is -0.756 e. The average molecular weight is 781 g/mol. The number of carbonyl (C=O) groups excluding carboxylic acids is 1. The van der Waals surface area contributed by atoms with Crippen molar-refractivity contribution < 1.29 is 32.9 Å². The molecular weight excluding hydrogens is 695 g/mol. The Kier molecular flexibility index (Phi) is 36.0. The summed E-state index contributed by atoms with van der Waals surface area (Å²) in [4.78, 5) is 25.3. The van der Waals surface area contributed by atoms with Crippen molar-refractivity contribution in [3.05, 3.63) is 48.6 Å². The number of nitrogens with one attached hydrogen (secondary N) is 1. The topological polar surface area (TPSA) is 108 Å². The molecule has 316 valence electrons. The quantitative estimate of drug-likeness (QED) is 0.0278. The molecule has 0 bridgehead atoms. The van der Waals surface area contributed by atoms with E-state index >= 15 is 0 Å². The van der Waals surface area contributed by atoms with Gasteiger partial charge in [-0.25, -0.2) is 0 Å². The van der Waals surface area contributed by atoms with Crippen molar-refractivity contribution in [1.29, 1.82) is 0 Å². The molecule has 54 heavy (non-hydrogen) atoms. The summed E-state index contributed by atoms with van der Waals surface area (Å²) in [7, 11) is 1.23. The number of phosphoric acid groups is 1. The summed E-state index contributed by atoms with van der Waals surface area (Å²) in [6.45, 7) is 4.58. The summed E-state index contributed by atoms with van der Waals surface area (Å²) in [6.07, 6.45) is 45.8. The zero-order valence-electron chi connectivity index (χ0n) is 35.7. The lowest BCUT2D eigenvalue weighted by Gasteiger charge is -2.29. The predicted octanol–water partition coefficient (Wildman–Crippen LogP) is 11.4. The fraction of sp³-hybridized carbons (Fsp3) is 0.800. The van der Waals surface area contributed by atoms with Crippen LogP contribution in [0.4, 0.5) is 0 Å². The molecule has 0 rings (SSSR count). The van der Waals surface area contributed by atoms with Gasteiger partial charge in [0.1, 0.15) is 13.2 Å². The highest BCUT2D eigenvalue weighted by Gasteiger charge is 2.23. The molecule has 0 aliphatic carbocycles. The fourth-order valence-corrected chi connectivity index (χ4v) is 6.68. The largest absolute Gasteiger partial charge is 0.756 e. The summed E-state index contributed by atoms with van der Waals surface area (Å²) >= 11 is 0. The van der Waals surface area contributed by atoms with Gasteiger partial charge in [0.2, 0.25) is 5.91 Å². The molecule has 0 aliphatic heterocycles. The molecule has 0 radical (unpaired) electrons. The number of amides is 1. The van der Waals surface area contributed by atoms with Crippen LogP contribution in [0.2, 0.25) is 0 Å². The van der Waals surface area contributed by atoms with Gasteiger partial charge in [-0.05, 0) is 64.2 Å². The van der Waals surface area contributed by atoms with Gasteiger partial charge in [0.15, 0.2) is 0 Å². The lowest BCUT2D eigenvalue weighted by molar-refractivity contribution is -0.870. The first-order chi connectivity index (χ1) is 26.0. The van der Waals surface area contributed by atoms with Crippen LogP contribution in [0.1, 0.15) is 181 Å². The SMILES string of the molecule is CCCCCC/C=C\C/C=C\CCCCCCCC(=O)NC(COP(=O)([O-])OCC[N+](C)(C)C)C(O)/C=C/CC/C=C/CCCCCCCCCCCC. The Hall–Kier alpha value is -1.54. The number of likely N-dealkylation sites (N-methyl/N-ethyl adjacent to an activating group) is 1. The molecule has 0 fully saturated rings. The molecule has 0 aromatic carbocycles. The number of aliphatic hydroxyl groups is 1. The molecule has 1 amide bonds. The zero-order valence-corrected chi connectivity index (χ0v) is 36.6. The Morgan fingerprint density at radius 2 is 1.09 bits per heavy atom. The number of rotatable bonds is 39. The Labute approximate surface area is 333 Å². The van der Waals surface area contributed by atoms with E-state index in [4.69, 9.17) is 9.05 Å². The Morgan fingerprint density at radius 3 is 1.63 bits per heavy atom. The molecule has 0 heterocycles. The number of phosphoric ester groups is 1. The molecule has 0 spiro atoms. The van der Waals surface area contributed by atoms with Gasteiger partial charge in [-0.3, -0.25) is 9.36 Å². The van der Waals surface area contributed by atoms with E-state index in [2.05, 4.69) is 55.6 Å². The molecule has 2 N–H and O–H groups in total. The highest BCUT2D eigenvalue weighted by Crippen LogP contribution is 2.38. The van der Waals surface area contributed by atoms with Crippen LogP contribution in [0.25, 0.3) is 0 Å². The normalized spacial score (nSPS) is 14.9. The van der Waals surface area contributed by atoms with Crippen molar-refractivity contribution in [2.45, 2.75) is 193 Å². The van der Waals surface area contributed by atoms with Crippen molar-refractivity contribution in [2.24, 2.45) is 0 Å². The van der Waals surface area contributed by atoms with Gasteiger partial charge in [0.25, 0.3) is 7.82 Å². The van der Waals surface area contributed by atoms with Crippen molar-refractivity contribution in [1.82, 2.24) is 5.32 Å². The molecule has 0 aliphatic rings. The van der Waals surface area contributed by atoms with Crippen LogP contribution in [-0.2, 0) is 18.4 Å². The Balaban J connectivity index is 4.53. The number of quaternary nitrogens is 1. The maximum absolute atomic E-state index is 12.8. The molecular formula is C45H85N2O6P. The highest BCUT2D eigenvalue weighted by atomic mass is 31.2. The fourth-order valence-electron chi connectivity index (χ4n) is 5.96. The summed E-state index contributed by atoms with van der Waals surface area (Å²) in [5.41, 5.74) is 0. The predicted molar refractivity (Wildman–Crippen MR) is 228 cm³/mol. The summed E-state index contributed by atoms with van der Waals surface area (Å²) in [6, 6.07) is -0.910. The second kappa shape index (κ2) is 37.1. The van der Waals surface area contributed by atoms with Crippen LogP contribution in [0, 0.1) is 0 Å². The molecule has 0 saturated heterocycles. The van der Waals surface area contributed by atoms with Gasteiger partial charge >= 0.3 is 0 Å². The number of unbranched alkanes of at least 4 members (excludes halogenated alkanes) is 20. The van der Waals surface area contributed by atoms with Crippen LogP contribution in [-0.4, -0.2) is 68.5 Å². The maximum atomic E-state index is 12.8. The third kappa shape index (κ3) is 38.7. The summed E-state index contributed by atoms with van der Waals surface area (Å²) in [5.74, 6) is -0.223. The number of aliphatic hydroxyl groups excluding tert-OH is 1. The van der Waals surface area contributed by atoms with E-state index in [9.17, 15) is 19.4 Å². The van der Waals surface area contributed by atoms with Crippen LogP contribution in [0.15, 0.2) is 48.6 Å². The van der Waals surface area contributed by atoms with E-state index < -0.39 is 26.6 Å². The summed E-state index contributed by atoms with van der Waals surface area (Å²) in [5, 5.41) is 13.7. The molecule has 0 saturated carbocycles. The molecule has 3 unspecified atom stereocenters. The number of hydrogen-bond acceptors (Lipinski definition) is 6. The van der Waals surface area contributed by atoms with Crippen molar-refractivity contribution in [3.8, 4) is 0 Å². The van der Waals surface area contributed by atoms with Gasteiger partial charge in [0.05, 0.1) is 39.9 Å². The van der Waals surface area contributed by atoms with Gasteiger partial charge in [-0.1, -0.05) is 159 Å². The smallest absolute Gasteiger partial charge is 0.268 e. The second-order valence-corrected chi connectivity index (χ2v) is 17.4. The lowest BCUT2D eigenvalue weighted by atomic mass is 10.1. The first kappa shape index (κ1) is 52.5. The first-order valence-corrected chi connectivity index (χ1v) is 23.5. The third-order valence-electron chi connectivity index (χ3n) is 9.51. The molecule has 0 aromatic rings. The number of hydrogen-bond donors (Lipinski definition) is 2. The van der Waals surface area contributed by atoms with E-state index in [1.807, 2.05) is 27.2 Å². The van der Waals surface area contributed by atoms with Crippen LogP contribution >= 0.6 is 7.82 Å². The van der Waals surface area contributed by atoms with Crippen molar-refractivity contribution in [2.75, 3.05) is 40.9 Å². The second-order valence-electron chi connectivity index (χ2n) is 16.0.